The fourth-order valence-corrected chi connectivity index (χ4v) is 1.22. The first-order valence-electron chi connectivity index (χ1n) is 4.54. The second-order valence-corrected chi connectivity index (χ2v) is 3.69. The first-order valence-corrected chi connectivity index (χ1v) is 4.54. The van der Waals surface area contributed by atoms with E-state index < -0.39 is 5.54 Å². The van der Waals surface area contributed by atoms with E-state index in [1.165, 1.54) is 0 Å². The van der Waals surface area contributed by atoms with Crippen LogP contribution in [-0.2, 0) is 14.3 Å². The van der Waals surface area contributed by atoms with E-state index in [0.717, 1.165) is 12.8 Å². The topological polar surface area (TPSA) is 61.5 Å². The Balaban J connectivity index is 2.28. The third-order valence-corrected chi connectivity index (χ3v) is 2.39. The molecule has 76 valence electrons. The highest BCUT2D eigenvalue weighted by Crippen LogP contribution is 2.38. The van der Waals surface area contributed by atoms with E-state index >= 15 is 0 Å². The molecule has 0 saturated heterocycles. The van der Waals surface area contributed by atoms with Gasteiger partial charge in [-0.2, -0.15) is 0 Å². The number of hydrogen-bond acceptors (Lipinski definition) is 4. The fraction of sp³-hybridized carbons (Fsp3) is 0.889. The molecule has 0 aliphatic heterocycles. The van der Waals surface area contributed by atoms with Crippen LogP contribution in [0.2, 0.25) is 0 Å². The van der Waals surface area contributed by atoms with E-state index in [0.29, 0.717) is 12.5 Å². The van der Waals surface area contributed by atoms with Gasteiger partial charge < -0.3 is 15.2 Å². The molecule has 0 spiro atoms. The normalized spacial score (nSPS) is 20.8. The van der Waals surface area contributed by atoms with Crippen LogP contribution in [0.15, 0.2) is 0 Å². The first-order chi connectivity index (χ1) is 6.09. The maximum atomic E-state index is 11.4. The summed E-state index contributed by atoms with van der Waals surface area (Å²) in [4.78, 5) is 11.4. The molecule has 4 nitrogen and oxygen atoms in total. The number of ether oxygens (including phenoxy) is 2. The van der Waals surface area contributed by atoms with Crippen molar-refractivity contribution in [3.8, 4) is 0 Å². The highest BCUT2D eigenvalue weighted by Gasteiger charge is 2.45. The summed E-state index contributed by atoms with van der Waals surface area (Å²) in [6, 6.07) is 0. The Labute approximate surface area is 78.4 Å². The van der Waals surface area contributed by atoms with Crippen LogP contribution in [0.3, 0.4) is 0 Å². The summed E-state index contributed by atoms with van der Waals surface area (Å²) in [6.45, 7) is 2.45. The minimum Gasteiger partial charge on any atom is -0.462 e. The Kier molecular flexibility index (Phi) is 3.27. The Hall–Kier alpha value is -0.610. The van der Waals surface area contributed by atoms with Gasteiger partial charge in [0.15, 0.2) is 0 Å². The minimum atomic E-state index is -0.798. The van der Waals surface area contributed by atoms with Crippen molar-refractivity contribution in [3.05, 3.63) is 0 Å². The summed E-state index contributed by atoms with van der Waals surface area (Å²) in [6.07, 6.45) is 2.07. The zero-order chi connectivity index (χ0) is 9.90. The zero-order valence-corrected chi connectivity index (χ0v) is 8.21. The van der Waals surface area contributed by atoms with Crippen molar-refractivity contribution >= 4 is 5.97 Å². The quantitative estimate of drug-likeness (QED) is 0.497. The van der Waals surface area contributed by atoms with Crippen LogP contribution < -0.4 is 5.73 Å². The van der Waals surface area contributed by atoms with Crippen LogP contribution in [0.1, 0.15) is 19.8 Å². The van der Waals surface area contributed by atoms with Gasteiger partial charge in [-0.05, 0) is 25.7 Å². The van der Waals surface area contributed by atoms with Gasteiger partial charge in [-0.25, -0.2) is 0 Å². The molecule has 0 heterocycles. The number of nitrogens with two attached hydrogens (primary N) is 1. The molecular weight excluding hydrogens is 170 g/mol. The van der Waals surface area contributed by atoms with E-state index in [1.54, 1.807) is 14.0 Å². The number of rotatable bonds is 5. The first kappa shape index (κ1) is 10.5. The maximum Gasteiger partial charge on any atom is 0.326 e. The molecule has 0 bridgehead atoms. The van der Waals surface area contributed by atoms with Crippen molar-refractivity contribution in [1.29, 1.82) is 0 Å². The Morgan fingerprint density at radius 3 is 2.62 bits per heavy atom. The van der Waals surface area contributed by atoms with Crippen LogP contribution in [0.5, 0.6) is 0 Å². The number of methoxy groups -OCH3 is 1. The summed E-state index contributed by atoms with van der Waals surface area (Å²) in [5.74, 6) is -0.00500. The van der Waals surface area contributed by atoms with Crippen molar-refractivity contribution in [2.45, 2.75) is 25.3 Å². The van der Waals surface area contributed by atoms with Crippen molar-refractivity contribution in [2.75, 3.05) is 20.3 Å². The molecule has 1 rings (SSSR count). The van der Waals surface area contributed by atoms with E-state index in [9.17, 15) is 4.79 Å². The third kappa shape index (κ3) is 2.67. The lowest BCUT2D eigenvalue weighted by molar-refractivity contribution is -0.151. The molecule has 1 saturated carbocycles. The lowest BCUT2D eigenvalue weighted by atomic mass is 9.98. The van der Waals surface area contributed by atoms with Gasteiger partial charge in [-0.1, -0.05) is 0 Å². The zero-order valence-electron chi connectivity index (χ0n) is 8.21. The molecule has 0 amide bonds. The minimum absolute atomic E-state index is 0.287. The summed E-state index contributed by atoms with van der Waals surface area (Å²) < 4.78 is 9.72. The molecule has 0 aromatic rings. The standard InChI is InChI=1S/C9H17NO3/c1-9(10,7-3-4-7)8(11)13-6-5-12-2/h7H,3-6,10H2,1-2H3. The molecule has 0 radical (unpaired) electrons. The molecule has 1 unspecified atom stereocenters. The van der Waals surface area contributed by atoms with Crippen LogP contribution in [0.25, 0.3) is 0 Å². The average Bonchev–Trinajstić information content (AvgIpc) is 2.86. The molecular formula is C9H17NO3. The molecule has 0 aromatic heterocycles. The number of esters is 1. The van der Waals surface area contributed by atoms with Crippen LogP contribution >= 0.6 is 0 Å². The number of hydrogen-bond donors (Lipinski definition) is 1. The van der Waals surface area contributed by atoms with Gasteiger partial charge in [0, 0.05) is 7.11 Å². The van der Waals surface area contributed by atoms with E-state index in [4.69, 9.17) is 15.2 Å². The lowest BCUT2D eigenvalue weighted by Crippen LogP contribution is -2.48. The highest BCUT2D eigenvalue weighted by atomic mass is 16.6. The van der Waals surface area contributed by atoms with Crippen LogP contribution in [0, 0.1) is 5.92 Å². The molecule has 2 N–H and O–H groups in total. The predicted molar refractivity (Wildman–Crippen MR) is 48.2 cm³/mol. The molecule has 0 aromatic carbocycles. The van der Waals surface area contributed by atoms with E-state index in [1.807, 2.05) is 0 Å². The van der Waals surface area contributed by atoms with Crippen LogP contribution in [0.4, 0.5) is 0 Å². The highest BCUT2D eigenvalue weighted by molar-refractivity contribution is 5.80. The molecule has 1 fully saturated rings. The molecule has 1 atom stereocenters. The van der Waals surface area contributed by atoms with Crippen molar-refractivity contribution in [2.24, 2.45) is 11.7 Å². The van der Waals surface area contributed by atoms with Gasteiger partial charge in [0.1, 0.15) is 12.1 Å². The van der Waals surface area contributed by atoms with Crippen molar-refractivity contribution < 1.29 is 14.3 Å². The molecule has 1 aliphatic carbocycles. The van der Waals surface area contributed by atoms with Gasteiger partial charge in [0.25, 0.3) is 0 Å². The molecule has 13 heavy (non-hydrogen) atoms. The monoisotopic (exact) mass is 187 g/mol. The summed E-state index contributed by atoms with van der Waals surface area (Å²) in [5, 5.41) is 0. The number of carbonyl (C=O) groups is 1. The largest absolute Gasteiger partial charge is 0.462 e. The fourth-order valence-electron chi connectivity index (χ4n) is 1.22. The Bertz CT molecular complexity index is 187. The molecule has 4 heteroatoms. The Morgan fingerprint density at radius 1 is 1.54 bits per heavy atom. The Morgan fingerprint density at radius 2 is 2.15 bits per heavy atom. The van der Waals surface area contributed by atoms with Crippen molar-refractivity contribution in [1.82, 2.24) is 0 Å². The average molecular weight is 187 g/mol. The second kappa shape index (κ2) is 4.07. The van der Waals surface area contributed by atoms with Gasteiger partial charge in [-0.15, -0.1) is 0 Å². The summed E-state index contributed by atoms with van der Waals surface area (Å²) in [5.41, 5.74) is 5.03. The van der Waals surface area contributed by atoms with E-state index in [-0.39, 0.29) is 12.6 Å². The smallest absolute Gasteiger partial charge is 0.326 e. The second-order valence-electron chi connectivity index (χ2n) is 3.69. The van der Waals surface area contributed by atoms with Crippen LogP contribution in [-0.4, -0.2) is 31.8 Å². The SMILES string of the molecule is COCCOC(=O)C(C)(N)C1CC1. The van der Waals surface area contributed by atoms with E-state index in [2.05, 4.69) is 0 Å². The van der Waals surface area contributed by atoms with Gasteiger partial charge >= 0.3 is 5.97 Å². The predicted octanol–water partition coefficient (Wildman–Crippen LogP) is 0.303. The lowest BCUT2D eigenvalue weighted by Gasteiger charge is -2.21. The third-order valence-electron chi connectivity index (χ3n) is 2.39. The molecule has 1 aliphatic rings. The number of carbonyl (C=O) groups excluding carboxylic acids is 1. The van der Waals surface area contributed by atoms with Gasteiger partial charge in [-0.3, -0.25) is 4.79 Å². The van der Waals surface area contributed by atoms with Crippen molar-refractivity contribution in [3.63, 3.8) is 0 Å². The van der Waals surface area contributed by atoms with Gasteiger partial charge in [0.05, 0.1) is 6.61 Å². The van der Waals surface area contributed by atoms with Gasteiger partial charge in [0.2, 0.25) is 0 Å². The maximum absolute atomic E-state index is 11.4. The summed E-state index contributed by atoms with van der Waals surface area (Å²) >= 11 is 0. The summed E-state index contributed by atoms with van der Waals surface area (Å²) in [7, 11) is 1.57.